The molecule has 0 saturated carbocycles. The van der Waals surface area contributed by atoms with Crippen molar-refractivity contribution in [1.82, 2.24) is 0 Å². The van der Waals surface area contributed by atoms with Crippen molar-refractivity contribution in [3.05, 3.63) is 53.6 Å². The molecule has 0 radical (unpaired) electrons. The van der Waals surface area contributed by atoms with E-state index in [1.807, 2.05) is 0 Å². The van der Waals surface area contributed by atoms with Crippen LogP contribution in [0, 0.1) is 17.0 Å². The second-order valence-electron chi connectivity index (χ2n) is 6.81. The number of amides is 1. The van der Waals surface area contributed by atoms with Gasteiger partial charge in [-0.15, -0.1) is 0 Å². The summed E-state index contributed by atoms with van der Waals surface area (Å²) < 4.78 is 38.3. The van der Waals surface area contributed by atoms with E-state index in [1.165, 1.54) is 24.3 Å². The molecule has 1 N–H and O–H groups in total. The van der Waals surface area contributed by atoms with E-state index >= 15 is 0 Å². The molecule has 0 aromatic heterocycles. The zero-order chi connectivity index (χ0) is 20.2. The predicted octanol–water partition coefficient (Wildman–Crippen LogP) is 4.92. The molecular weight excluding hydrogens is 356 g/mol. The molecule has 2 aromatic rings. The van der Waals surface area contributed by atoms with Crippen LogP contribution in [0.5, 0.6) is 11.5 Å². The van der Waals surface area contributed by atoms with Crippen molar-refractivity contribution in [2.75, 3.05) is 11.9 Å². The van der Waals surface area contributed by atoms with Gasteiger partial charge in [0.15, 0.2) is 11.6 Å². The molecule has 144 valence electrons. The molecule has 0 aliphatic rings. The van der Waals surface area contributed by atoms with Crippen LogP contribution in [-0.2, 0) is 9.53 Å². The van der Waals surface area contributed by atoms with E-state index in [9.17, 15) is 18.4 Å². The highest BCUT2D eigenvalue weighted by atomic mass is 19.1. The molecule has 0 fully saturated rings. The molecule has 27 heavy (non-hydrogen) atoms. The molecule has 1 amide bonds. The Bertz CT molecular complexity index is 842. The molecule has 0 heterocycles. The lowest BCUT2D eigenvalue weighted by atomic mass is 9.95. The largest absolute Gasteiger partial charge is 0.462 e. The zero-order valence-electron chi connectivity index (χ0n) is 15.6. The van der Waals surface area contributed by atoms with Crippen LogP contribution in [-0.4, -0.2) is 18.5 Å². The Hall–Kier alpha value is -2.96. The third-order valence-electron chi connectivity index (χ3n) is 3.53. The number of halogens is 2. The van der Waals surface area contributed by atoms with Gasteiger partial charge in [0.1, 0.15) is 17.3 Å². The fourth-order valence-electron chi connectivity index (χ4n) is 2.05. The summed E-state index contributed by atoms with van der Waals surface area (Å²) >= 11 is 0. The fraction of sp³-hybridized carbons (Fsp3) is 0.300. The lowest BCUT2D eigenvalue weighted by Crippen LogP contribution is -2.28. The molecule has 2 rings (SSSR count). The normalized spacial score (nSPS) is 11.0. The van der Waals surface area contributed by atoms with Crippen molar-refractivity contribution in [3.8, 4) is 11.5 Å². The van der Waals surface area contributed by atoms with Gasteiger partial charge < -0.3 is 14.8 Å². The van der Waals surface area contributed by atoms with Crippen LogP contribution >= 0.6 is 0 Å². The van der Waals surface area contributed by atoms with Crippen molar-refractivity contribution >= 4 is 17.6 Å². The van der Waals surface area contributed by atoms with E-state index in [-0.39, 0.29) is 23.8 Å². The lowest BCUT2D eigenvalue weighted by Gasteiger charge is -2.20. The number of nitrogens with one attached hydrogen (secondary N) is 1. The van der Waals surface area contributed by atoms with E-state index in [2.05, 4.69) is 5.32 Å². The highest BCUT2D eigenvalue weighted by Crippen LogP contribution is 2.34. The van der Waals surface area contributed by atoms with Gasteiger partial charge in [-0.05, 0) is 31.2 Å². The fourth-order valence-corrected chi connectivity index (χ4v) is 2.05. The first-order valence-corrected chi connectivity index (χ1v) is 8.37. The molecular formula is C20H21F2NO4. The molecule has 7 heteroatoms. The molecule has 0 spiro atoms. The van der Waals surface area contributed by atoms with Gasteiger partial charge in [0.2, 0.25) is 5.91 Å². The summed E-state index contributed by atoms with van der Waals surface area (Å²) in [4.78, 5) is 23.8. The molecule has 0 unspecified atom stereocenters. The first kappa shape index (κ1) is 20.4. The first-order chi connectivity index (χ1) is 12.6. The van der Waals surface area contributed by atoms with Gasteiger partial charge in [-0.3, -0.25) is 4.79 Å². The Labute approximate surface area is 156 Å². The average molecular weight is 377 g/mol. The zero-order valence-corrected chi connectivity index (χ0v) is 15.6. The Morgan fingerprint density at radius 2 is 1.70 bits per heavy atom. The minimum absolute atomic E-state index is 0.186. The first-order valence-electron chi connectivity index (χ1n) is 8.37. The van der Waals surface area contributed by atoms with Crippen LogP contribution in [0.2, 0.25) is 0 Å². The Morgan fingerprint density at radius 1 is 1.07 bits per heavy atom. The van der Waals surface area contributed by atoms with Crippen LogP contribution in [0.1, 0.15) is 38.1 Å². The highest BCUT2D eigenvalue weighted by Gasteiger charge is 2.24. The van der Waals surface area contributed by atoms with Gasteiger partial charge in [0, 0.05) is 17.5 Å². The second kappa shape index (κ2) is 8.16. The SMILES string of the molecule is CCOC(=O)c1ccc(Oc2cc(F)cc(F)c2NC(=O)C(C)(C)C)cc1. The van der Waals surface area contributed by atoms with Crippen molar-refractivity contribution in [2.24, 2.45) is 5.41 Å². The van der Waals surface area contributed by atoms with Gasteiger partial charge in [-0.25, -0.2) is 13.6 Å². The summed E-state index contributed by atoms with van der Waals surface area (Å²) in [6.45, 7) is 6.94. The van der Waals surface area contributed by atoms with E-state index in [1.54, 1.807) is 27.7 Å². The minimum atomic E-state index is -0.953. The smallest absolute Gasteiger partial charge is 0.338 e. The Morgan fingerprint density at radius 3 is 2.26 bits per heavy atom. The van der Waals surface area contributed by atoms with Crippen molar-refractivity contribution in [1.29, 1.82) is 0 Å². The van der Waals surface area contributed by atoms with Gasteiger partial charge in [0.05, 0.1) is 12.2 Å². The van der Waals surface area contributed by atoms with Crippen LogP contribution in [0.15, 0.2) is 36.4 Å². The summed E-state index contributed by atoms with van der Waals surface area (Å²) in [6.07, 6.45) is 0. The predicted molar refractivity (Wildman–Crippen MR) is 96.9 cm³/mol. The number of rotatable bonds is 5. The molecule has 0 bridgehead atoms. The number of hydrogen-bond acceptors (Lipinski definition) is 4. The minimum Gasteiger partial charge on any atom is -0.462 e. The monoisotopic (exact) mass is 377 g/mol. The quantitative estimate of drug-likeness (QED) is 0.752. The van der Waals surface area contributed by atoms with Crippen LogP contribution in [0.4, 0.5) is 14.5 Å². The lowest BCUT2D eigenvalue weighted by molar-refractivity contribution is -0.123. The maximum Gasteiger partial charge on any atom is 0.338 e. The van der Waals surface area contributed by atoms with E-state index in [4.69, 9.17) is 9.47 Å². The molecule has 0 aliphatic carbocycles. The average Bonchev–Trinajstić information content (AvgIpc) is 2.57. The van der Waals surface area contributed by atoms with Crippen LogP contribution < -0.4 is 10.1 Å². The van der Waals surface area contributed by atoms with E-state index in [0.717, 1.165) is 6.07 Å². The van der Waals surface area contributed by atoms with E-state index in [0.29, 0.717) is 11.6 Å². The number of esters is 1. The summed E-state index contributed by atoms with van der Waals surface area (Å²) in [6, 6.07) is 7.50. The third kappa shape index (κ3) is 5.26. The van der Waals surface area contributed by atoms with Crippen molar-refractivity contribution in [3.63, 3.8) is 0 Å². The number of benzene rings is 2. The molecule has 0 saturated heterocycles. The van der Waals surface area contributed by atoms with E-state index < -0.39 is 28.9 Å². The number of carbonyl (C=O) groups is 2. The standard InChI is InChI=1S/C20H21F2NO4/c1-5-26-18(24)12-6-8-14(9-7-12)27-16-11-13(21)10-15(22)17(16)23-19(25)20(2,3)4/h6-11H,5H2,1-4H3,(H,23,25). The molecule has 0 aliphatic heterocycles. The van der Waals surface area contributed by atoms with Crippen molar-refractivity contribution < 1.29 is 27.8 Å². The third-order valence-corrected chi connectivity index (χ3v) is 3.53. The number of hydrogen-bond donors (Lipinski definition) is 1. The van der Waals surface area contributed by atoms with Gasteiger partial charge in [-0.2, -0.15) is 0 Å². The van der Waals surface area contributed by atoms with Crippen molar-refractivity contribution in [2.45, 2.75) is 27.7 Å². The summed E-state index contributed by atoms with van der Waals surface area (Å²) in [5.74, 6) is -2.69. The maximum atomic E-state index is 14.2. The summed E-state index contributed by atoms with van der Waals surface area (Å²) in [7, 11) is 0. The Balaban J connectivity index is 2.30. The molecule has 5 nitrogen and oxygen atoms in total. The highest BCUT2D eigenvalue weighted by molar-refractivity contribution is 5.96. The number of ether oxygens (including phenoxy) is 2. The number of carbonyl (C=O) groups excluding carboxylic acids is 2. The molecule has 2 aromatic carbocycles. The van der Waals surface area contributed by atoms with Gasteiger partial charge >= 0.3 is 5.97 Å². The summed E-state index contributed by atoms with van der Waals surface area (Å²) in [5, 5.41) is 2.43. The topological polar surface area (TPSA) is 64.6 Å². The number of anilines is 1. The molecule has 0 atom stereocenters. The van der Waals surface area contributed by atoms with Gasteiger partial charge in [0.25, 0.3) is 0 Å². The van der Waals surface area contributed by atoms with Crippen LogP contribution in [0.25, 0.3) is 0 Å². The maximum absolute atomic E-state index is 14.2. The summed E-state index contributed by atoms with van der Waals surface area (Å²) in [5.41, 5.74) is -0.721. The van der Waals surface area contributed by atoms with Crippen LogP contribution in [0.3, 0.4) is 0 Å². The second-order valence-corrected chi connectivity index (χ2v) is 6.81. The Kier molecular flexibility index (Phi) is 6.15. The van der Waals surface area contributed by atoms with Gasteiger partial charge in [-0.1, -0.05) is 20.8 Å².